The van der Waals surface area contributed by atoms with E-state index in [4.69, 9.17) is 10.8 Å². The van der Waals surface area contributed by atoms with Gasteiger partial charge in [-0.3, -0.25) is 0 Å². The second-order valence-electron chi connectivity index (χ2n) is 5.03. The Bertz CT molecular complexity index is 357. The number of nitrogens with two attached hydrogens (primary N) is 1. The maximum absolute atomic E-state index is 11.0. The lowest BCUT2D eigenvalue weighted by molar-refractivity contribution is -0.132. The van der Waals surface area contributed by atoms with Gasteiger partial charge in [-0.1, -0.05) is 44.8 Å². The maximum atomic E-state index is 11.0. The Balaban J connectivity index is 2.82. The molecule has 0 aromatic rings. The Labute approximate surface area is 103 Å². The highest BCUT2D eigenvalue weighted by molar-refractivity contribution is 5.91. The van der Waals surface area contributed by atoms with Crippen LogP contribution in [0.5, 0.6) is 0 Å². The van der Waals surface area contributed by atoms with Crippen molar-refractivity contribution in [1.82, 2.24) is 0 Å². The minimum Gasteiger partial charge on any atom is -0.478 e. The molecule has 1 aliphatic carbocycles. The lowest BCUT2D eigenvalue weighted by Crippen LogP contribution is -2.46. The molecule has 0 aromatic carbocycles. The van der Waals surface area contributed by atoms with E-state index in [9.17, 15) is 4.79 Å². The number of unbranched alkanes of at least 4 members (excludes halogenated alkanes) is 2. The maximum Gasteiger partial charge on any atom is 0.335 e. The number of hydrogen-bond donors (Lipinski definition) is 2. The molecule has 1 aliphatic rings. The summed E-state index contributed by atoms with van der Waals surface area (Å²) in [6.07, 6.45) is 7.91. The Morgan fingerprint density at radius 2 is 2.18 bits per heavy atom. The zero-order valence-electron chi connectivity index (χ0n) is 11.0. The van der Waals surface area contributed by atoms with Crippen molar-refractivity contribution in [2.75, 3.05) is 0 Å². The fourth-order valence-electron chi connectivity index (χ4n) is 2.37. The molecular weight excluding hydrogens is 214 g/mol. The second kappa shape index (κ2) is 5.50. The lowest BCUT2D eigenvalue weighted by Gasteiger charge is -2.37. The van der Waals surface area contributed by atoms with E-state index in [1.54, 1.807) is 6.08 Å². The van der Waals surface area contributed by atoms with Gasteiger partial charge < -0.3 is 10.8 Å². The van der Waals surface area contributed by atoms with Crippen molar-refractivity contribution >= 4 is 5.97 Å². The SMILES string of the molecule is CCCCCC1(N)C=CC(C(=O)O)=C(C)C1C. The van der Waals surface area contributed by atoms with Crippen molar-refractivity contribution in [3.63, 3.8) is 0 Å². The van der Waals surface area contributed by atoms with Crippen LogP contribution in [-0.4, -0.2) is 16.6 Å². The first-order valence-corrected chi connectivity index (χ1v) is 6.34. The van der Waals surface area contributed by atoms with Gasteiger partial charge in [-0.05, 0) is 25.3 Å². The van der Waals surface area contributed by atoms with E-state index in [0.717, 1.165) is 18.4 Å². The third-order valence-electron chi connectivity index (χ3n) is 3.88. The molecule has 0 radical (unpaired) electrons. The predicted octanol–water partition coefficient (Wildman–Crippen LogP) is 2.87. The summed E-state index contributed by atoms with van der Waals surface area (Å²) < 4.78 is 0. The molecule has 0 saturated carbocycles. The topological polar surface area (TPSA) is 63.3 Å². The summed E-state index contributed by atoms with van der Waals surface area (Å²) in [7, 11) is 0. The van der Waals surface area contributed by atoms with Crippen LogP contribution in [0.15, 0.2) is 23.3 Å². The summed E-state index contributed by atoms with van der Waals surface area (Å²) in [6.45, 7) is 6.06. The summed E-state index contributed by atoms with van der Waals surface area (Å²) in [4.78, 5) is 11.0. The molecule has 0 heterocycles. The van der Waals surface area contributed by atoms with E-state index in [2.05, 4.69) is 6.92 Å². The third kappa shape index (κ3) is 2.97. The van der Waals surface area contributed by atoms with Crippen LogP contribution in [0.3, 0.4) is 0 Å². The average molecular weight is 237 g/mol. The smallest absolute Gasteiger partial charge is 0.335 e. The quantitative estimate of drug-likeness (QED) is 0.723. The molecule has 3 heteroatoms. The first-order valence-electron chi connectivity index (χ1n) is 6.34. The summed E-state index contributed by atoms with van der Waals surface area (Å²) in [5, 5.41) is 9.06. The Morgan fingerprint density at radius 3 is 2.71 bits per heavy atom. The zero-order chi connectivity index (χ0) is 13.1. The monoisotopic (exact) mass is 237 g/mol. The van der Waals surface area contributed by atoms with E-state index in [-0.39, 0.29) is 11.5 Å². The molecule has 0 aliphatic heterocycles. The van der Waals surface area contributed by atoms with Crippen LogP contribution in [0.4, 0.5) is 0 Å². The van der Waals surface area contributed by atoms with Gasteiger partial charge in [-0.15, -0.1) is 0 Å². The minimum atomic E-state index is -0.860. The van der Waals surface area contributed by atoms with Gasteiger partial charge in [0.15, 0.2) is 0 Å². The van der Waals surface area contributed by atoms with Crippen LogP contribution >= 0.6 is 0 Å². The van der Waals surface area contributed by atoms with Gasteiger partial charge in [0, 0.05) is 5.54 Å². The van der Waals surface area contributed by atoms with Crippen LogP contribution in [0.2, 0.25) is 0 Å². The van der Waals surface area contributed by atoms with Gasteiger partial charge in [-0.25, -0.2) is 4.79 Å². The van der Waals surface area contributed by atoms with E-state index < -0.39 is 5.97 Å². The lowest BCUT2D eigenvalue weighted by atomic mass is 9.73. The van der Waals surface area contributed by atoms with Gasteiger partial charge in [-0.2, -0.15) is 0 Å². The largest absolute Gasteiger partial charge is 0.478 e. The first kappa shape index (κ1) is 14.0. The first-order chi connectivity index (χ1) is 7.92. The molecule has 96 valence electrons. The Kier molecular flexibility index (Phi) is 4.52. The second-order valence-corrected chi connectivity index (χ2v) is 5.03. The molecule has 17 heavy (non-hydrogen) atoms. The van der Waals surface area contributed by atoms with Crippen molar-refractivity contribution in [3.05, 3.63) is 23.3 Å². The van der Waals surface area contributed by atoms with Crippen LogP contribution in [0.1, 0.15) is 46.5 Å². The third-order valence-corrected chi connectivity index (χ3v) is 3.88. The number of carboxylic acid groups (broad SMARTS) is 1. The molecular formula is C14H23NO2. The number of rotatable bonds is 5. The van der Waals surface area contributed by atoms with Crippen LogP contribution < -0.4 is 5.73 Å². The van der Waals surface area contributed by atoms with Crippen molar-refractivity contribution < 1.29 is 9.90 Å². The van der Waals surface area contributed by atoms with Gasteiger partial charge >= 0.3 is 5.97 Å². The normalized spacial score (nSPS) is 28.6. The Hall–Kier alpha value is -1.09. The van der Waals surface area contributed by atoms with E-state index in [1.807, 2.05) is 19.9 Å². The van der Waals surface area contributed by atoms with E-state index in [1.165, 1.54) is 12.8 Å². The van der Waals surface area contributed by atoms with Crippen molar-refractivity contribution in [2.45, 2.75) is 52.0 Å². The van der Waals surface area contributed by atoms with Gasteiger partial charge in [0.2, 0.25) is 0 Å². The molecule has 0 spiro atoms. The molecule has 0 fully saturated rings. The summed E-state index contributed by atoms with van der Waals surface area (Å²) >= 11 is 0. The van der Waals surface area contributed by atoms with Crippen molar-refractivity contribution in [3.8, 4) is 0 Å². The number of aliphatic carboxylic acids is 1. The molecule has 0 bridgehead atoms. The standard InChI is InChI=1S/C14H23NO2/c1-4-5-6-8-14(15)9-7-12(13(16)17)10(2)11(14)3/h7,9,11H,4-6,8,15H2,1-3H3,(H,16,17). The molecule has 2 atom stereocenters. The summed E-state index contributed by atoms with van der Waals surface area (Å²) in [5.41, 5.74) is 7.29. The molecule has 0 amide bonds. The number of carboxylic acids is 1. The van der Waals surface area contributed by atoms with E-state index in [0.29, 0.717) is 5.57 Å². The number of hydrogen-bond acceptors (Lipinski definition) is 2. The summed E-state index contributed by atoms with van der Waals surface area (Å²) in [5.74, 6) is -0.767. The predicted molar refractivity (Wildman–Crippen MR) is 69.7 cm³/mol. The van der Waals surface area contributed by atoms with Gasteiger partial charge in [0.05, 0.1) is 5.57 Å². The highest BCUT2D eigenvalue weighted by Gasteiger charge is 2.34. The van der Waals surface area contributed by atoms with E-state index >= 15 is 0 Å². The zero-order valence-corrected chi connectivity index (χ0v) is 11.0. The molecule has 3 nitrogen and oxygen atoms in total. The highest BCUT2D eigenvalue weighted by Crippen LogP contribution is 2.34. The van der Waals surface area contributed by atoms with Crippen molar-refractivity contribution in [1.29, 1.82) is 0 Å². The molecule has 1 rings (SSSR count). The molecule has 2 unspecified atom stereocenters. The fraction of sp³-hybridized carbons (Fsp3) is 0.643. The fourth-order valence-corrected chi connectivity index (χ4v) is 2.37. The van der Waals surface area contributed by atoms with Gasteiger partial charge in [0.1, 0.15) is 0 Å². The van der Waals surface area contributed by atoms with Crippen molar-refractivity contribution in [2.24, 2.45) is 11.7 Å². The molecule has 0 aromatic heterocycles. The highest BCUT2D eigenvalue weighted by atomic mass is 16.4. The number of carbonyl (C=O) groups is 1. The molecule has 0 saturated heterocycles. The average Bonchev–Trinajstić information content (AvgIpc) is 2.26. The van der Waals surface area contributed by atoms with Crippen LogP contribution in [0, 0.1) is 5.92 Å². The molecule has 3 N–H and O–H groups in total. The minimum absolute atomic E-state index is 0.0930. The van der Waals surface area contributed by atoms with Crippen LogP contribution in [0.25, 0.3) is 0 Å². The van der Waals surface area contributed by atoms with Crippen LogP contribution in [-0.2, 0) is 4.79 Å². The Morgan fingerprint density at radius 1 is 1.53 bits per heavy atom. The van der Waals surface area contributed by atoms with Gasteiger partial charge in [0.25, 0.3) is 0 Å². The summed E-state index contributed by atoms with van der Waals surface area (Å²) in [6, 6.07) is 0.